The average molecular weight is 359 g/mol. The number of aromatic nitrogens is 2. The number of nitrogens with zero attached hydrogens (tertiary/aromatic N) is 2. The number of ether oxygens (including phenoxy) is 2. The molecule has 0 bridgehead atoms. The molecule has 6 nitrogen and oxygen atoms in total. The molecule has 2 aromatic heterocycles. The fourth-order valence-corrected chi connectivity index (χ4v) is 2.49. The number of halogens is 1. The maximum absolute atomic E-state index is 12.0. The standard InChI is InChI=1S/C18H15ClN2O4/c1-23-11-16(18(22)24-2)21-9-3-4-15(21)14-10-17(25-20-14)12-5-7-13(19)8-6-12/h3-11H,1-2H3/b16-11-. The van der Waals surface area contributed by atoms with Crippen molar-refractivity contribution in [3.05, 3.63) is 59.9 Å². The summed E-state index contributed by atoms with van der Waals surface area (Å²) < 4.78 is 16.8. The third-order valence-corrected chi connectivity index (χ3v) is 3.79. The summed E-state index contributed by atoms with van der Waals surface area (Å²) in [5, 5.41) is 4.74. The van der Waals surface area contributed by atoms with Gasteiger partial charge in [-0.25, -0.2) is 4.79 Å². The van der Waals surface area contributed by atoms with E-state index in [9.17, 15) is 4.79 Å². The average Bonchev–Trinajstić information content (AvgIpc) is 3.28. The second-order valence-corrected chi connectivity index (χ2v) is 5.51. The highest BCUT2D eigenvalue weighted by Gasteiger charge is 2.19. The summed E-state index contributed by atoms with van der Waals surface area (Å²) in [7, 11) is 2.77. The maximum Gasteiger partial charge on any atom is 0.358 e. The van der Waals surface area contributed by atoms with Crippen LogP contribution < -0.4 is 0 Å². The van der Waals surface area contributed by atoms with Crippen molar-refractivity contribution in [2.24, 2.45) is 0 Å². The molecule has 3 rings (SSSR count). The fourth-order valence-electron chi connectivity index (χ4n) is 2.37. The number of carbonyl (C=O) groups excluding carboxylic acids is 1. The Labute approximate surface area is 149 Å². The van der Waals surface area contributed by atoms with Gasteiger partial charge in [-0.3, -0.25) is 0 Å². The van der Waals surface area contributed by atoms with Crippen molar-refractivity contribution in [3.8, 4) is 22.7 Å². The Morgan fingerprint density at radius 2 is 2.00 bits per heavy atom. The van der Waals surface area contributed by atoms with Crippen LogP contribution in [0.4, 0.5) is 0 Å². The van der Waals surface area contributed by atoms with E-state index in [2.05, 4.69) is 5.16 Å². The van der Waals surface area contributed by atoms with Crippen molar-refractivity contribution < 1.29 is 18.8 Å². The quantitative estimate of drug-likeness (QED) is 0.390. The van der Waals surface area contributed by atoms with Crippen molar-refractivity contribution in [2.45, 2.75) is 0 Å². The molecule has 1 aromatic carbocycles. The van der Waals surface area contributed by atoms with Gasteiger partial charge in [0.2, 0.25) is 0 Å². The molecule has 0 unspecified atom stereocenters. The van der Waals surface area contributed by atoms with Gasteiger partial charge in [0, 0.05) is 22.8 Å². The second-order valence-electron chi connectivity index (χ2n) is 5.08. The van der Waals surface area contributed by atoms with Crippen molar-refractivity contribution in [1.82, 2.24) is 9.72 Å². The summed E-state index contributed by atoms with van der Waals surface area (Å²) in [4.78, 5) is 12.0. The van der Waals surface area contributed by atoms with Crippen molar-refractivity contribution in [2.75, 3.05) is 14.2 Å². The van der Waals surface area contributed by atoms with E-state index in [1.165, 1.54) is 20.5 Å². The number of carbonyl (C=O) groups is 1. The summed E-state index contributed by atoms with van der Waals surface area (Å²) in [6, 6.07) is 12.6. The summed E-state index contributed by atoms with van der Waals surface area (Å²) >= 11 is 5.90. The molecule has 0 aliphatic carbocycles. The molecule has 7 heteroatoms. The van der Waals surface area contributed by atoms with Crippen LogP contribution in [-0.4, -0.2) is 29.9 Å². The van der Waals surface area contributed by atoms with Crippen LogP contribution in [-0.2, 0) is 14.3 Å². The number of esters is 1. The zero-order valence-corrected chi connectivity index (χ0v) is 14.4. The lowest BCUT2D eigenvalue weighted by Crippen LogP contribution is -2.11. The van der Waals surface area contributed by atoms with E-state index >= 15 is 0 Å². The van der Waals surface area contributed by atoms with E-state index in [-0.39, 0.29) is 5.70 Å². The lowest BCUT2D eigenvalue weighted by atomic mass is 10.1. The van der Waals surface area contributed by atoms with Crippen LogP contribution in [0, 0.1) is 0 Å². The topological polar surface area (TPSA) is 66.5 Å². The molecule has 0 saturated carbocycles. The molecule has 0 aliphatic rings. The minimum Gasteiger partial charge on any atom is -0.502 e. The molecule has 0 N–H and O–H groups in total. The van der Waals surface area contributed by atoms with E-state index in [4.69, 9.17) is 25.6 Å². The zero-order chi connectivity index (χ0) is 17.8. The van der Waals surface area contributed by atoms with Gasteiger partial charge >= 0.3 is 5.97 Å². The van der Waals surface area contributed by atoms with Crippen molar-refractivity contribution in [3.63, 3.8) is 0 Å². The normalized spacial score (nSPS) is 11.4. The van der Waals surface area contributed by atoms with E-state index in [1.807, 2.05) is 18.2 Å². The third-order valence-electron chi connectivity index (χ3n) is 3.53. The molecule has 0 atom stereocenters. The minimum absolute atomic E-state index is 0.223. The zero-order valence-electron chi connectivity index (χ0n) is 13.6. The van der Waals surface area contributed by atoms with Gasteiger partial charge in [0.1, 0.15) is 12.0 Å². The number of rotatable bonds is 5. The first kappa shape index (κ1) is 16.9. The molecular formula is C18H15ClN2O4. The fraction of sp³-hybridized carbons (Fsp3) is 0.111. The molecule has 0 aliphatic heterocycles. The number of hydrogen-bond donors (Lipinski definition) is 0. The first-order valence-corrected chi connectivity index (χ1v) is 7.74. The van der Waals surface area contributed by atoms with E-state index in [0.29, 0.717) is 22.2 Å². The SMILES string of the molecule is CO/C=C(/C(=O)OC)n1cccc1-c1cc(-c2ccc(Cl)cc2)on1. The highest BCUT2D eigenvalue weighted by atomic mass is 35.5. The molecule has 128 valence electrons. The predicted octanol–water partition coefficient (Wildman–Crippen LogP) is 4.08. The Morgan fingerprint density at radius 1 is 1.24 bits per heavy atom. The van der Waals surface area contributed by atoms with Crippen LogP contribution in [0.15, 0.2) is 59.4 Å². The maximum atomic E-state index is 12.0. The van der Waals surface area contributed by atoms with E-state index < -0.39 is 5.97 Å². The Morgan fingerprint density at radius 3 is 2.68 bits per heavy atom. The van der Waals surface area contributed by atoms with Crippen LogP contribution in [0.5, 0.6) is 0 Å². The van der Waals surface area contributed by atoms with Crippen LogP contribution in [0.1, 0.15) is 0 Å². The van der Waals surface area contributed by atoms with E-state index in [1.54, 1.807) is 35.0 Å². The van der Waals surface area contributed by atoms with Crippen LogP contribution in [0.3, 0.4) is 0 Å². The van der Waals surface area contributed by atoms with Crippen LogP contribution in [0.2, 0.25) is 5.02 Å². The molecule has 3 aromatic rings. The molecule has 0 spiro atoms. The highest BCUT2D eigenvalue weighted by molar-refractivity contribution is 6.30. The summed E-state index contributed by atoms with van der Waals surface area (Å²) in [5.74, 6) is 0.0653. The monoisotopic (exact) mass is 358 g/mol. The first-order valence-electron chi connectivity index (χ1n) is 7.36. The van der Waals surface area contributed by atoms with Gasteiger partial charge in [-0.05, 0) is 36.4 Å². The summed E-state index contributed by atoms with van der Waals surface area (Å²) in [6.07, 6.45) is 3.03. The Kier molecular flexibility index (Phi) is 4.90. The van der Waals surface area contributed by atoms with Crippen LogP contribution >= 0.6 is 11.6 Å². The molecule has 0 amide bonds. The van der Waals surface area contributed by atoms with E-state index in [0.717, 1.165) is 5.56 Å². The third kappa shape index (κ3) is 3.44. The molecule has 2 heterocycles. The molecule has 0 radical (unpaired) electrons. The summed E-state index contributed by atoms with van der Waals surface area (Å²) in [5.41, 5.74) is 2.31. The lowest BCUT2D eigenvalue weighted by molar-refractivity contribution is -0.134. The second kappa shape index (κ2) is 7.27. The first-order chi connectivity index (χ1) is 12.1. The van der Waals surface area contributed by atoms with Gasteiger partial charge in [-0.15, -0.1) is 0 Å². The largest absolute Gasteiger partial charge is 0.502 e. The van der Waals surface area contributed by atoms with Crippen LogP contribution in [0.25, 0.3) is 28.4 Å². The minimum atomic E-state index is -0.527. The predicted molar refractivity (Wildman–Crippen MR) is 93.7 cm³/mol. The smallest absolute Gasteiger partial charge is 0.358 e. The Balaban J connectivity index is 1.99. The number of benzene rings is 1. The Bertz CT molecular complexity index is 909. The molecule has 0 saturated heterocycles. The van der Waals surface area contributed by atoms with Gasteiger partial charge in [0.15, 0.2) is 11.5 Å². The van der Waals surface area contributed by atoms with Gasteiger partial charge in [-0.1, -0.05) is 16.8 Å². The summed E-state index contributed by atoms with van der Waals surface area (Å²) in [6.45, 7) is 0. The highest BCUT2D eigenvalue weighted by Crippen LogP contribution is 2.28. The molecule has 25 heavy (non-hydrogen) atoms. The number of methoxy groups -OCH3 is 2. The van der Waals surface area contributed by atoms with Gasteiger partial charge in [-0.2, -0.15) is 0 Å². The lowest BCUT2D eigenvalue weighted by Gasteiger charge is -2.09. The van der Waals surface area contributed by atoms with Crippen molar-refractivity contribution >= 4 is 23.3 Å². The Hall–Kier alpha value is -2.99. The van der Waals surface area contributed by atoms with Gasteiger partial charge in [0.25, 0.3) is 0 Å². The van der Waals surface area contributed by atoms with Gasteiger partial charge in [0.05, 0.1) is 19.9 Å². The van der Waals surface area contributed by atoms with Crippen molar-refractivity contribution in [1.29, 1.82) is 0 Å². The molecule has 0 fully saturated rings. The molecular weight excluding hydrogens is 344 g/mol. The van der Waals surface area contributed by atoms with Gasteiger partial charge < -0.3 is 18.6 Å². The number of hydrogen-bond acceptors (Lipinski definition) is 5.